The van der Waals surface area contributed by atoms with Crippen LogP contribution in [0, 0.1) is 12.3 Å². The van der Waals surface area contributed by atoms with Crippen LogP contribution in [0.1, 0.15) is 43.0 Å². The maximum atomic E-state index is 14.1. The van der Waals surface area contributed by atoms with Crippen LogP contribution in [0.15, 0.2) is 67.5 Å². The predicted octanol–water partition coefficient (Wildman–Crippen LogP) is 5.87. The maximum absolute atomic E-state index is 14.1. The number of guanidine groups is 1. The van der Waals surface area contributed by atoms with Gasteiger partial charge in [0.2, 0.25) is 9.84 Å². The van der Waals surface area contributed by atoms with Crippen molar-refractivity contribution in [2.75, 3.05) is 18.1 Å². The zero-order chi connectivity index (χ0) is 26.3. The number of nitrogen functional groups attached to an aromatic ring is 1. The van der Waals surface area contributed by atoms with Crippen molar-refractivity contribution in [3.05, 3.63) is 59.0 Å². The highest BCUT2D eigenvalue weighted by molar-refractivity contribution is 8.01. The average molecular weight is 544 g/mol. The molecule has 0 fully saturated rings. The molecule has 36 heavy (non-hydrogen) atoms. The van der Waals surface area contributed by atoms with E-state index in [1.807, 2.05) is 42.7 Å². The lowest BCUT2D eigenvalue weighted by Gasteiger charge is -2.18. The van der Waals surface area contributed by atoms with Crippen molar-refractivity contribution in [1.82, 2.24) is 0 Å². The van der Waals surface area contributed by atoms with E-state index in [-0.39, 0.29) is 21.6 Å². The Morgan fingerprint density at radius 2 is 1.83 bits per heavy atom. The molecule has 3 aromatic rings. The lowest BCUT2D eigenvalue weighted by Crippen LogP contribution is -2.24. The minimum atomic E-state index is -4.00. The predicted molar refractivity (Wildman–Crippen MR) is 153 cm³/mol. The molecule has 3 rings (SSSR count). The highest BCUT2D eigenvalue weighted by atomic mass is 32.2. The number of benzene rings is 2. The zero-order valence-electron chi connectivity index (χ0n) is 20.8. The normalized spacial score (nSPS) is 12.0. The molecule has 0 unspecified atom stereocenters. The van der Waals surface area contributed by atoms with Crippen LogP contribution in [-0.4, -0.2) is 33.0 Å². The van der Waals surface area contributed by atoms with E-state index in [2.05, 4.69) is 17.2 Å². The SMILES string of the molecule is CCCCCCN=C(N)Nc1ccc(-c2ccccc2)c(C)c1S(=O)(=O)c1cc(C(=N)N)sc1SC. The number of nitrogens with two attached hydrogens (primary N) is 2. The summed E-state index contributed by atoms with van der Waals surface area (Å²) in [4.78, 5) is 5.09. The summed E-state index contributed by atoms with van der Waals surface area (Å²) in [6.45, 7) is 4.53. The quantitative estimate of drug-likeness (QED) is 0.103. The lowest BCUT2D eigenvalue weighted by atomic mass is 10.00. The molecular weight excluding hydrogens is 511 g/mol. The van der Waals surface area contributed by atoms with E-state index in [1.54, 1.807) is 13.0 Å². The minimum Gasteiger partial charge on any atom is -0.383 e. The van der Waals surface area contributed by atoms with Crippen LogP contribution in [0.25, 0.3) is 11.1 Å². The second-order valence-electron chi connectivity index (χ2n) is 8.32. The molecule has 0 aliphatic heterocycles. The van der Waals surface area contributed by atoms with Crippen LogP contribution in [0.3, 0.4) is 0 Å². The molecule has 0 saturated carbocycles. The number of rotatable bonds is 11. The first-order valence-electron chi connectivity index (χ1n) is 11.7. The summed E-state index contributed by atoms with van der Waals surface area (Å²) >= 11 is 2.52. The summed E-state index contributed by atoms with van der Waals surface area (Å²) in [5.74, 6) is 0.0129. The molecule has 192 valence electrons. The molecule has 0 radical (unpaired) electrons. The van der Waals surface area contributed by atoms with Crippen molar-refractivity contribution in [2.45, 2.75) is 53.5 Å². The molecule has 1 aromatic heterocycles. The third-order valence-electron chi connectivity index (χ3n) is 5.72. The first-order chi connectivity index (χ1) is 17.2. The van der Waals surface area contributed by atoms with Crippen LogP contribution in [0.2, 0.25) is 0 Å². The molecular formula is C26H33N5O2S3. The summed E-state index contributed by atoms with van der Waals surface area (Å²) in [7, 11) is -4.00. The summed E-state index contributed by atoms with van der Waals surface area (Å²) in [5, 5.41) is 10.8. The monoisotopic (exact) mass is 543 g/mol. The first kappa shape index (κ1) is 27.8. The third kappa shape index (κ3) is 6.29. The molecule has 0 aliphatic carbocycles. The molecule has 6 N–H and O–H groups in total. The number of aliphatic imine (C=N–C) groups is 1. The van der Waals surface area contributed by atoms with Gasteiger partial charge in [0.15, 0.2) is 5.96 Å². The number of thioether (sulfide) groups is 1. The highest BCUT2D eigenvalue weighted by Crippen LogP contribution is 2.42. The van der Waals surface area contributed by atoms with E-state index in [4.69, 9.17) is 16.9 Å². The van der Waals surface area contributed by atoms with Crippen LogP contribution in [-0.2, 0) is 9.84 Å². The lowest BCUT2D eigenvalue weighted by molar-refractivity contribution is 0.594. The van der Waals surface area contributed by atoms with Crippen molar-refractivity contribution >= 4 is 50.4 Å². The van der Waals surface area contributed by atoms with Gasteiger partial charge in [0, 0.05) is 6.54 Å². The van der Waals surface area contributed by atoms with E-state index in [0.29, 0.717) is 26.9 Å². The number of nitrogens with zero attached hydrogens (tertiary/aromatic N) is 1. The van der Waals surface area contributed by atoms with Gasteiger partial charge >= 0.3 is 0 Å². The van der Waals surface area contributed by atoms with Gasteiger partial charge in [-0.05, 0) is 48.4 Å². The Morgan fingerprint density at radius 1 is 1.11 bits per heavy atom. The van der Waals surface area contributed by atoms with Crippen molar-refractivity contribution in [1.29, 1.82) is 5.41 Å². The number of nitrogens with one attached hydrogen (secondary N) is 2. The van der Waals surface area contributed by atoms with E-state index < -0.39 is 9.84 Å². The summed E-state index contributed by atoms with van der Waals surface area (Å²) in [6.07, 6.45) is 6.09. The molecule has 0 amide bonds. The summed E-state index contributed by atoms with van der Waals surface area (Å²) < 4.78 is 28.9. The van der Waals surface area contributed by atoms with Crippen molar-refractivity contribution in [3.63, 3.8) is 0 Å². The van der Waals surface area contributed by atoms with Crippen molar-refractivity contribution in [3.8, 4) is 11.1 Å². The Bertz CT molecular complexity index is 1350. The maximum Gasteiger partial charge on any atom is 0.210 e. The minimum absolute atomic E-state index is 0.135. The Hall–Kier alpha value is -2.82. The van der Waals surface area contributed by atoms with E-state index in [0.717, 1.165) is 36.8 Å². The third-order valence-corrected chi connectivity index (χ3v) is 10.2. The second-order valence-corrected chi connectivity index (χ2v) is 12.3. The molecule has 0 spiro atoms. The van der Waals surface area contributed by atoms with E-state index in [9.17, 15) is 8.42 Å². The fourth-order valence-corrected chi connectivity index (χ4v) is 8.16. The zero-order valence-corrected chi connectivity index (χ0v) is 23.2. The number of hydrogen-bond acceptors (Lipinski definition) is 6. The number of thiophene rings is 1. The van der Waals surface area contributed by atoms with Gasteiger partial charge in [0.1, 0.15) is 5.84 Å². The summed E-state index contributed by atoms with van der Waals surface area (Å²) in [6, 6.07) is 14.8. The molecule has 2 aromatic carbocycles. The van der Waals surface area contributed by atoms with Gasteiger partial charge in [0.25, 0.3) is 0 Å². The molecule has 0 atom stereocenters. The Morgan fingerprint density at radius 3 is 2.47 bits per heavy atom. The van der Waals surface area contributed by atoms with Crippen molar-refractivity contribution in [2.24, 2.45) is 16.5 Å². The number of anilines is 1. The number of amidine groups is 1. The van der Waals surface area contributed by atoms with Crippen LogP contribution in [0.4, 0.5) is 5.69 Å². The Balaban J connectivity index is 2.13. The fourth-order valence-electron chi connectivity index (χ4n) is 3.91. The Labute approximate surface area is 221 Å². The molecule has 0 aliphatic rings. The smallest absolute Gasteiger partial charge is 0.210 e. The van der Waals surface area contributed by atoms with E-state index >= 15 is 0 Å². The van der Waals surface area contributed by atoms with Gasteiger partial charge in [-0.15, -0.1) is 23.1 Å². The summed E-state index contributed by atoms with van der Waals surface area (Å²) in [5.41, 5.74) is 14.5. The number of sulfone groups is 1. The first-order valence-corrected chi connectivity index (χ1v) is 15.3. The topological polar surface area (TPSA) is 134 Å². The molecule has 7 nitrogen and oxygen atoms in total. The van der Waals surface area contributed by atoms with Gasteiger partial charge in [-0.2, -0.15) is 0 Å². The largest absolute Gasteiger partial charge is 0.383 e. The average Bonchev–Trinajstić information content (AvgIpc) is 3.30. The van der Waals surface area contributed by atoms with E-state index in [1.165, 1.54) is 29.2 Å². The molecule has 0 saturated heterocycles. The number of hydrogen-bond donors (Lipinski definition) is 4. The number of unbranched alkanes of at least 4 members (excludes halogenated alkanes) is 3. The second kappa shape index (κ2) is 12.4. The van der Waals surface area contributed by atoms with Crippen molar-refractivity contribution < 1.29 is 8.42 Å². The molecule has 0 bridgehead atoms. The van der Waals surface area contributed by atoms with Gasteiger partial charge in [-0.25, -0.2) is 8.42 Å². The van der Waals surface area contributed by atoms with Gasteiger partial charge in [-0.1, -0.05) is 62.6 Å². The van der Waals surface area contributed by atoms with Crippen LogP contribution in [0.5, 0.6) is 0 Å². The molecule has 10 heteroatoms. The standard InChI is InChI=1S/C26H33N5O2S3/c1-4-5-6-10-15-30-26(29)31-20-14-13-19(18-11-8-7-9-12-18)17(2)23(20)36(32,33)22-16-21(24(27)28)35-25(22)34-3/h7-9,11-14,16H,4-6,10,15H2,1-3H3,(H3,27,28)(H3,29,30,31). The van der Waals surface area contributed by atoms with Gasteiger partial charge in [0.05, 0.1) is 24.6 Å². The van der Waals surface area contributed by atoms with Gasteiger partial charge in [-0.3, -0.25) is 10.4 Å². The van der Waals surface area contributed by atoms with Crippen LogP contribution < -0.4 is 16.8 Å². The molecule has 1 heterocycles. The highest BCUT2D eigenvalue weighted by Gasteiger charge is 2.30. The van der Waals surface area contributed by atoms with Gasteiger partial charge < -0.3 is 16.8 Å². The Kier molecular flexibility index (Phi) is 9.58. The van der Waals surface area contributed by atoms with Crippen LogP contribution >= 0.6 is 23.1 Å². The fraction of sp³-hybridized carbons (Fsp3) is 0.308.